The topological polar surface area (TPSA) is 78.8 Å². The third-order valence-electron chi connectivity index (χ3n) is 6.84. The van der Waals surface area contributed by atoms with Gasteiger partial charge >= 0.3 is 0 Å². The summed E-state index contributed by atoms with van der Waals surface area (Å²) in [5, 5.41) is 6.55. The number of benzene rings is 4. The number of hydrogen-bond donors (Lipinski definition) is 1. The van der Waals surface area contributed by atoms with E-state index in [-0.39, 0.29) is 4.90 Å². The minimum absolute atomic E-state index is 0.133. The molecule has 37 heavy (non-hydrogen) atoms. The molecule has 1 amide bonds. The molecule has 0 atom stereocenters. The third kappa shape index (κ3) is 4.87. The van der Waals surface area contributed by atoms with E-state index in [1.165, 1.54) is 20.8 Å². The summed E-state index contributed by atoms with van der Waals surface area (Å²) in [6.45, 7) is 3.46. The van der Waals surface area contributed by atoms with Crippen LogP contribution in [0.15, 0.2) is 88.9 Å². The van der Waals surface area contributed by atoms with Crippen molar-refractivity contribution >= 4 is 38.6 Å². The molecule has 0 heterocycles. The van der Waals surface area contributed by atoms with Gasteiger partial charge in [0.05, 0.1) is 16.8 Å². The number of carbonyl (C=O) groups is 1. The van der Waals surface area contributed by atoms with Gasteiger partial charge in [-0.05, 0) is 71.8 Å². The van der Waals surface area contributed by atoms with E-state index < -0.39 is 22.5 Å². The van der Waals surface area contributed by atoms with Gasteiger partial charge in [-0.25, -0.2) is 13.8 Å². The van der Waals surface area contributed by atoms with Crippen molar-refractivity contribution < 1.29 is 13.2 Å². The number of aryl methyl sites for hydroxylation is 4. The van der Waals surface area contributed by atoms with Crippen LogP contribution in [0.4, 0.5) is 5.69 Å². The van der Waals surface area contributed by atoms with Crippen molar-refractivity contribution in [2.45, 2.75) is 38.0 Å². The highest BCUT2D eigenvalue weighted by molar-refractivity contribution is 7.92. The lowest BCUT2D eigenvalue weighted by molar-refractivity contribution is -0.119. The van der Waals surface area contributed by atoms with Crippen LogP contribution < -0.4 is 9.73 Å². The van der Waals surface area contributed by atoms with Crippen molar-refractivity contribution in [3.8, 4) is 0 Å². The molecule has 6 nitrogen and oxygen atoms in total. The summed E-state index contributed by atoms with van der Waals surface area (Å²) in [6, 6.07) is 24.3. The lowest BCUT2D eigenvalue weighted by Crippen LogP contribution is -2.40. The minimum atomic E-state index is -3.99. The molecule has 0 aromatic heterocycles. The van der Waals surface area contributed by atoms with E-state index in [4.69, 9.17) is 0 Å². The quantitative estimate of drug-likeness (QED) is 0.262. The van der Waals surface area contributed by atoms with Gasteiger partial charge in [0.15, 0.2) is 0 Å². The second-order valence-corrected chi connectivity index (χ2v) is 11.1. The first kappa shape index (κ1) is 24.7. The molecule has 1 aliphatic carbocycles. The second-order valence-electron chi connectivity index (χ2n) is 9.25. The second kappa shape index (κ2) is 10.2. The third-order valence-corrected chi connectivity index (χ3v) is 8.61. The Morgan fingerprint density at radius 1 is 0.946 bits per heavy atom. The van der Waals surface area contributed by atoms with Gasteiger partial charge in [0.2, 0.25) is 0 Å². The number of carbonyl (C=O) groups excluding carboxylic acids is 1. The highest BCUT2D eigenvalue weighted by Crippen LogP contribution is 2.32. The van der Waals surface area contributed by atoms with E-state index in [0.717, 1.165) is 34.9 Å². The zero-order valence-corrected chi connectivity index (χ0v) is 21.8. The molecule has 4 aromatic carbocycles. The Morgan fingerprint density at radius 2 is 1.68 bits per heavy atom. The van der Waals surface area contributed by atoms with Gasteiger partial charge in [-0.3, -0.25) is 9.10 Å². The summed E-state index contributed by atoms with van der Waals surface area (Å²) >= 11 is 0. The average molecular weight is 512 g/mol. The Bertz CT molecular complexity index is 1600. The van der Waals surface area contributed by atoms with E-state index in [1.54, 1.807) is 42.6 Å². The summed E-state index contributed by atoms with van der Waals surface area (Å²) in [6.07, 6.45) is 4.32. The maximum atomic E-state index is 13.7. The van der Waals surface area contributed by atoms with Crippen LogP contribution >= 0.6 is 0 Å². The summed E-state index contributed by atoms with van der Waals surface area (Å²) in [7, 11) is -3.99. The summed E-state index contributed by atoms with van der Waals surface area (Å²) in [5.41, 5.74) is 8.38. The number of nitrogens with zero attached hydrogens (tertiary/aromatic N) is 2. The highest BCUT2D eigenvalue weighted by Gasteiger charge is 2.28. The zero-order chi connectivity index (χ0) is 26.0. The number of hydrazone groups is 1. The van der Waals surface area contributed by atoms with E-state index >= 15 is 0 Å². The maximum Gasteiger partial charge on any atom is 0.264 e. The Morgan fingerprint density at radius 3 is 2.43 bits per heavy atom. The number of rotatable bonds is 8. The van der Waals surface area contributed by atoms with Crippen molar-refractivity contribution in [1.29, 1.82) is 0 Å². The standard InChI is InChI=1S/C30H29N3O3S/c1-3-22-7-4-5-10-28(22)33(37(35,36)26-17-11-21(2)12-18-26)20-29(34)32-31-19-25-16-15-24-14-13-23-8-6-9-27(25)30(23)24/h4-12,15-19H,3,13-14,20H2,1-2H3,(H,32,34). The van der Waals surface area contributed by atoms with Crippen LogP contribution in [-0.2, 0) is 34.1 Å². The van der Waals surface area contributed by atoms with Gasteiger partial charge in [0, 0.05) is 5.56 Å². The fraction of sp³-hybridized carbons (Fsp3) is 0.200. The van der Waals surface area contributed by atoms with Crippen LogP contribution in [0.2, 0.25) is 0 Å². The molecule has 0 radical (unpaired) electrons. The molecule has 0 unspecified atom stereocenters. The number of amides is 1. The molecule has 0 saturated heterocycles. The fourth-order valence-corrected chi connectivity index (χ4v) is 6.37. The Balaban J connectivity index is 1.41. The predicted molar refractivity (Wildman–Crippen MR) is 149 cm³/mol. The molecular weight excluding hydrogens is 482 g/mol. The van der Waals surface area contributed by atoms with Crippen LogP contribution in [0.5, 0.6) is 0 Å². The van der Waals surface area contributed by atoms with Crippen molar-refractivity contribution in [2.24, 2.45) is 5.10 Å². The lowest BCUT2D eigenvalue weighted by atomic mass is 10.0. The Kier molecular flexibility index (Phi) is 6.80. The van der Waals surface area contributed by atoms with Gasteiger partial charge in [-0.2, -0.15) is 5.10 Å². The minimum Gasteiger partial charge on any atom is -0.271 e. The fourth-order valence-electron chi connectivity index (χ4n) is 4.91. The van der Waals surface area contributed by atoms with E-state index in [1.807, 2.05) is 38.1 Å². The Labute approximate surface area is 217 Å². The number of sulfonamides is 1. The summed E-state index contributed by atoms with van der Waals surface area (Å²) in [5.74, 6) is -0.524. The summed E-state index contributed by atoms with van der Waals surface area (Å²) in [4.78, 5) is 13.1. The van der Waals surface area contributed by atoms with Crippen LogP contribution in [0.1, 0.15) is 34.7 Å². The zero-order valence-electron chi connectivity index (χ0n) is 20.9. The molecule has 1 N–H and O–H groups in total. The van der Waals surface area contributed by atoms with Crippen molar-refractivity contribution in [3.05, 3.63) is 107 Å². The number of anilines is 1. The molecule has 1 aliphatic rings. The van der Waals surface area contributed by atoms with Gasteiger partial charge in [-0.15, -0.1) is 0 Å². The van der Waals surface area contributed by atoms with Gasteiger partial charge in [-0.1, -0.05) is 73.2 Å². The molecule has 5 rings (SSSR count). The van der Waals surface area contributed by atoms with E-state index in [0.29, 0.717) is 12.1 Å². The highest BCUT2D eigenvalue weighted by atomic mass is 32.2. The smallest absolute Gasteiger partial charge is 0.264 e. The van der Waals surface area contributed by atoms with Crippen LogP contribution in [0, 0.1) is 6.92 Å². The van der Waals surface area contributed by atoms with E-state index in [9.17, 15) is 13.2 Å². The molecule has 4 aromatic rings. The SMILES string of the molecule is CCc1ccccc1N(CC(=O)NN=Cc1ccc2c3c(cccc13)CC2)S(=O)(=O)c1ccc(C)cc1. The van der Waals surface area contributed by atoms with E-state index in [2.05, 4.69) is 28.7 Å². The van der Waals surface area contributed by atoms with Gasteiger partial charge in [0.1, 0.15) is 6.54 Å². The van der Waals surface area contributed by atoms with Crippen LogP contribution in [0.3, 0.4) is 0 Å². The molecular formula is C30H29N3O3S. The predicted octanol–water partition coefficient (Wildman–Crippen LogP) is 5.15. The van der Waals surface area contributed by atoms with Gasteiger partial charge < -0.3 is 0 Å². The van der Waals surface area contributed by atoms with Gasteiger partial charge in [0.25, 0.3) is 15.9 Å². The van der Waals surface area contributed by atoms with Crippen molar-refractivity contribution in [3.63, 3.8) is 0 Å². The molecule has 0 bridgehead atoms. The number of hydrogen-bond acceptors (Lipinski definition) is 4. The van der Waals surface area contributed by atoms with Crippen LogP contribution in [-0.4, -0.2) is 27.1 Å². The first-order chi connectivity index (χ1) is 17.9. The Hall–Kier alpha value is -3.97. The molecule has 188 valence electrons. The molecule has 0 spiro atoms. The van der Waals surface area contributed by atoms with Crippen molar-refractivity contribution in [1.82, 2.24) is 5.43 Å². The first-order valence-corrected chi connectivity index (χ1v) is 13.8. The molecule has 7 heteroatoms. The molecule has 0 fully saturated rings. The first-order valence-electron chi connectivity index (χ1n) is 12.4. The summed E-state index contributed by atoms with van der Waals surface area (Å²) < 4.78 is 28.5. The largest absolute Gasteiger partial charge is 0.271 e. The molecule has 0 saturated carbocycles. The number of para-hydroxylation sites is 1. The maximum absolute atomic E-state index is 13.7. The average Bonchev–Trinajstić information content (AvgIpc) is 3.33. The van der Waals surface area contributed by atoms with Crippen molar-refractivity contribution in [2.75, 3.05) is 10.8 Å². The lowest BCUT2D eigenvalue weighted by Gasteiger charge is -2.25. The van der Waals surface area contributed by atoms with Crippen LogP contribution in [0.25, 0.3) is 10.8 Å². The molecule has 0 aliphatic heterocycles. The number of nitrogens with one attached hydrogen (secondary N) is 1. The normalized spacial score (nSPS) is 12.8. The monoisotopic (exact) mass is 511 g/mol.